The number of methoxy groups -OCH3 is 1. The number of halogens is 1. The van der Waals surface area contributed by atoms with Crippen LogP contribution < -0.4 is 10.5 Å². The molecule has 0 heterocycles. The minimum Gasteiger partial charge on any atom is -0.497 e. The molecular formula is C13H20BrNO3. The Morgan fingerprint density at radius 2 is 2.06 bits per heavy atom. The molecule has 0 amide bonds. The van der Waals surface area contributed by atoms with Crippen LogP contribution in [0.3, 0.4) is 0 Å². The molecule has 0 aliphatic rings. The molecule has 18 heavy (non-hydrogen) atoms. The topological polar surface area (TPSA) is 64.7 Å². The van der Waals surface area contributed by atoms with Crippen LogP contribution in [-0.2, 0) is 4.74 Å². The highest BCUT2D eigenvalue weighted by Crippen LogP contribution is 2.30. The Morgan fingerprint density at radius 1 is 1.39 bits per heavy atom. The van der Waals surface area contributed by atoms with Crippen molar-refractivity contribution in [3.8, 4) is 5.75 Å². The van der Waals surface area contributed by atoms with Crippen LogP contribution in [0.2, 0.25) is 0 Å². The second-order valence-corrected chi connectivity index (χ2v) is 5.05. The third-order valence-electron chi connectivity index (χ3n) is 2.83. The van der Waals surface area contributed by atoms with Gasteiger partial charge in [-0.05, 0) is 31.5 Å². The van der Waals surface area contributed by atoms with Gasteiger partial charge in [0.2, 0.25) is 0 Å². The molecular weight excluding hydrogens is 298 g/mol. The number of benzene rings is 1. The first kappa shape index (κ1) is 15.4. The number of hydrogen-bond donors (Lipinski definition) is 2. The molecule has 1 rings (SSSR count). The Bertz CT molecular complexity index is 384. The summed E-state index contributed by atoms with van der Waals surface area (Å²) in [5.41, 5.74) is 6.68. The minimum absolute atomic E-state index is 0.255. The molecule has 3 N–H and O–H groups in total. The lowest BCUT2D eigenvalue weighted by Gasteiger charge is -2.24. The van der Waals surface area contributed by atoms with Crippen molar-refractivity contribution < 1.29 is 14.6 Å². The zero-order valence-electron chi connectivity index (χ0n) is 10.9. The van der Waals surface area contributed by atoms with E-state index in [1.54, 1.807) is 14.0 Å². The molecule has 0 bridgehead atoms. The van der Waals surface area contributed by atoms with Gasteiger partial charge in [-0.3, -0.25) is 0 Å². The summed E-state index contributed by atoms with van der Waals surface area (Å²) < 4.78 is 11.8. The van der Waals surface area contributed by atoms with Gasteiger partial charge in [-0.25, -0.2) is 0 Å². The molecule has 0 spiro atoms. The van der Waals surface area contributed by atoms with Crippen molar-refractivity contribution in [1.29, 1.82) is 0 Å². The molecule has 0 radical (unpaired) electrons. The number of hydrogen-bond acceptors (Lipinski definition) is 4. The number of aliphatic hydroxyl groups excluding tert-OH is 1. The first-order valence-electron chi connectivity index (χ1n) is 5.86. The van der Waals surface area contributed by atoms with E-state index in [0.717, 1.165) is 15.8 Å². The Kier molecular flexibility index (Phi) is 6.08. The van der Waals surface area contributed by atoms with Gasteiger partial charge in [0.15, 0.2) is 0 Å². The van der Waals surface area contributed by atoms with Crippen molar-refractivity contribution >= 4 is 15.9 Å². The molecule has 0 aromatic heterocycles. The molecule has 0 saturated heterocycles. The number of rotatable bonds is 6. The Hall–Kier alpha value is -0.620. The maximum Gasteiger partial charge on any atom is 0.120 e. The van der Waals surface area contributed by atoms with Crippen molar-refractivity contribution in [2.45, 2.75) is 32.2 Å². The maximum atomic E-state index is 9.47. The van der Waals surface area contributed by atoms with Crippen molar-refractivity contribution in [3.63, 3.8) is 0 Å². The van der Waals surface area contributed by atoms with Crippen molar-refractivity contribution in [1.82, 2.24) is 0 Å². The zero-order chi connectivity index (χ0) is 13.7. The summed E-state index contributed by atoms with van der Waals surface area (Å²) in [6.07, 6.45) is -1.06. The normalized spacial score (nSPS) is 16.1. The van der Waals surface area contributed by atoms with Crippen LogP contribution in [0.4, 0.5) is 0 Å². The fourth-order valence-corrected chi connectivity index (χ4v) is 2.14. The molecule has 0 saturated carbocycles. The Morgan fingerprint density at radius 3 is 2.50 bits per heavy atom. The van der Waals surface area contributed by atoms with Crippen LogP contribution in [0, 0.1) is 0 Å². The SMILES string of the molecule is COc1ccc(C(CN)OC(C)C(C)O)c(Br)c1. The lowest BCUT2D eigenvalue weighted by Crippen LogP contribution is -2.28. The predicted octanol–water partition coefficient (Wildman–Crippen LogP) is 2.24. The summed E-state index contributed by atoms with van der Waals surface area (Å²) in [4.78, 5) is 0. The van der Waals surface area contributed by atoms with Crippen LogP contribution in [0.15, 0.2) is 22.7 Å². The van der Waals surface area contributed by atoms with E-state index >= 15 is 0 Å². The minimum atomic E-state index is -0.531. The molecule has 1 aromatic carbocycles. The van der Waals surface area contributed by atoms with E-state index < -0.39 is 6.10 Å². The van der Waals surface area contributed by atoms with Crippen LogP contribution in [0.1, 0.15) is 25.5 Å². The highest BCUT2D eigenvalue weighted by atomic mass is 79.9. The van der Waals surface area contributed by atoms with Crippen LogP contribution in [0.5, 0.6) is 5.75 Å². The second kappa shape index (κ2) is 7.09. The summed E-state index contributed by atoms with van der Waals surface area (Å²) >= 11 is 3.48. The van der Waals surface area contributed by atoms with Gasteiger partial charge < -0.3 is 20.3 Å². The van der Waals surface area contributed by atoms with Crippen molar-refractivity contribution in [2.24, 2.45) is 5.73 Å². The molecule has 0 fully saturated rings. The van der Waals surface area contributed by atoms with Crippen molar-refractivity contribution in [3.05, 3.63) is 28.2 Å². The van der Waals surface area contributed by atoms with Gasteiger partial charge in [-0.2, -0.15) is 0 Å². The first-order chi connectivity index (χ1) is 8.49. The summed E-state index contributed by atoms with van der Waals surface area (Å²) in [5.74, 6) is 0.768. The van der Waals surface area contributed by atoms with E-state index in [1.807, 2.05) is 25.1 Å². The van der Waals surface area contributed by atoms with Crippen LogP contribution >= 0.6 is 15.9 Å². The highest BCUT2D eigenvalue weighted by Gasteiger charge is 2.19. The fourth-order valence-electron chi connectivity index (χ4n) is 1.52. The molecule has 3 atom stereocenters. The smallest absolute Gasteiger partial charge is 0.120 e. The van der Waals surface area contributed by atoms with E-state index in [2.05, 4.69) is 15.9 Å². The monoisotopic (exact) mass is 317 g/mol. The van der Waals surface area contributed by atoms with Crippen LogP contribution in [-0.4, -0.2) is 31.0 Å². The molecule has 3 unspecified atom stereocenters. The zero-order valence-corrected chi connectivity index (χ0v) is 12.5. The molecule has 0 aliphatic heterocycles. The fraction of sp³-hybridized carbons (Fsp3) is 0.538. The number of aliphatic hydroxyl groups is 1. The van der Waals surface area contributed by atoms with Crippen molar-refractivity contribution in [2.75, 3.05) is 13.7 Å². The third kappa shape index (κ3) is 3.95. The second-order valence-electron chi connectivity index (χ2n) is 4.19. The summed E-state index contributed by atoms with van der Waals surface area (Å²) in [6, 6.07) is 5.64. The number of ether oxygens (including phenoxy) is 2. The van der Waals surface area contributed by atoms with Gasteiger partial charge in [-0.15, -0.1) is 0 Å². The van der Waals surface area contributed by atoms with E-state index in [0.29, 0.717) is 6.54 Å². The quantitative estimate of drug-likeness (QED) is 0.844. The van der Waals surface area contributed by atoms with E-state index in [-0.39, 0.29) is 12.2 Å². The van der Waals surface area contributed by atoms with E-state index in [9.17, 15) is 5.11 Å². The van der Waals surface area contributed by atoms with Crippen LogP contribution in [0.25, 0.3) is 0 Å². The molecule has 1 aromatic rings. The van der Waals surface area contributed by atoms with Gasteiger partial charge in [0.05, 0.1) is 25.4 Å². The van der Waals surface area contributed by atoms with Gasteiger partial charge in [0, 0.05) is 11.0 Å². The van der Waals surface area contributed by atoms with Gasteiger partial charge in [-0.1, -0.05) is 22.0 Å². The summed E-state index contributed by atoms with van der Waals surface area (Å²) in [5, 5.41) is 9.47. The third-order valence-corrected chi connectivity index (χ3v) is 3.51. The highest BCUT2D eigenvalue weighted by molar-refractivity contribution is 9.10. The Labute approximate surface area is 116 Å². The lowest BCUT2D eigenvalue weighted by atomic mass is 10.1. The lowest BCUT2D eigenvalue weighted by molar-refractivity contribution is -0.0594. The standard InChI is InChI=1S/C13H20BrNO3/c1-8(16)9(2)18-13(7-15)11-5-4-10(17-3)6-12(11)14/h4-6,8-9,13,16H,7,15H2,1-3H3. The largest absolute Gasteiger partial charge is 0.497 e. The molecule has 102 valence electrons. The summed E-state index contributed by atoms with van der Waals surface area (Å²) in [7, 11) is 1.62. The molecule has 5 heteroatoms. The first-order valence-corrected chi connectivity index (χ1v) is 6.66. The predicted molar refractivity (Wildman–Crippen MR) is 74.7 cm³/mol. The summed E-state index contributed by atoms with van der Waals surface area (Å²) in [6.45, 7) is 3.87. The van der Waals surface area contributed by atoms with Gasteiger partial charge >= 0.3 is 0 Å². The van der Waals surface area contributed by atoms with E-state index in [1.165, 1.54) is 0 Å². The average Bonchev–Trinajstić information content (AvgIpc) is 2.35. The van der Waals surface area contributed by atoms with E-state index in [4.69, 9.17) is 15.2 Å². The average molecular weight is 318 g/mol. The molecule has 4 nitrogen and oxygen atoms in total. The molecule has 0 aliphatic carbocycles. The number of nitrogens with two attached hydrogens (primary N) is 1. The van der Waals surface area contributed by atoms with Gasteiger partial charge in [0.1, 0.15) is 5.75 Å². The Balaban J connectivity index is 2.88. The van der Waals surface area contributed by atoms with Gasteiger partial charge in [0.25, 0.3) is 0 Å². The maximum absolute atomic E-state index is 9.47.